The molecular weight excluding hydrogens is 322 g/mol. The van der Waals surface area contributed by atoms with Gasteiger partial charge in [0.15, 0.2) is 0 Å². The first-order valence-electron chi connectivity index (χ1n) is 8.83. The van der Waals surface area contributed by atoms with Gasteiger partial charge in [-0.15, -0.1) is 0 Å². The summed E-state index contributed by atoms with van der Waals surface area (Å²) in [5.41, 5.74) is 1.18. The van der Waals surface area contributed by atoms with Gasteiger partial charge in [0.1, 0.15) is 0 Å². The van der Waals surface area contributed by atoms with E-state index < -0.39 is 0 Å². The number of halogens is 1. The van der Waals surface area contributed by atoms with E-state index in [0.717, 1.165) is 37.6 Å². The van der Waals surface area contributed by atoms with Crippen molar-refractivity contribution >= 4 is 17.5 Å². The van der Waals surface area contributed by atoms with Crippen LogP contribution in [0.25, 0.3) is 0 Å². The first-order valence-corrected chi connectivity index (χ1v) is 9.21. The molecule has 0 bridgehead atoms. The Balaban J connectivity index is 1.49. The summed E-state index contributed by atoms with van der Waals surface area (Å²) >= 11 is 6.05. The lowest BCUT2D eigenvalue weighted by Crippen LogP contribution is -2.57. The van der Waals surface area contributed by atoms with Gasteiger partial charge < -0.3 is 10.2 Å². The van der Waals surface area contributed by atoms with Crippen molar-refractivity contribution in [3.05, 3.63) is 34.9 Å². The van der Waals surface area contributed by atoms with Gasteiger partial charge in [0.2, 0.25) is 5.91 Å². The Labute approximate surface area is 150 Å². The van der Waals surface area contributed by atoms with E-state index >= 15 is 0 Å². The summed E-state index contributed by atoms with van der Waals surface area (Å²) in [6.45, 7) is 9.46. The second kappa shape index (κ2) is 7.03. The third-order valence-electron chi connectivity index (χ3n) is 5.46. The van der Waals surface area contributed by atoms with Crippen LogP contribution in [0.15, 0.2) is 24.3 Å². The maximum absolute atomic E-state index is 12.5. The van der Waals surface area contributed by atoms with Gasteiger partial charge in [-0.05, 0) is 50.9 Å². The average molecular weight is 350 g/mol. The summed E-state index contributed by atoms with van der Waals surface area (Å²) in [6, 6.07) is 7.88. The van der Waals surface area contributed by atoms with Gasteiger partial charge in [-0.3, -0.25) is 9.69 Å². The number of benzene rings is 1. The Hall–Kier alpha value is -1.10. The zero-order chi connectivity index (χ0) is 17.3. The zero-order valence-corrected chi connectivity index (χ0v) is 15.6. The Bertz CT molecular complexity index is 596. The second-order valence-electron chi connectivity index (χ2n) is 7.82. The van der Waals surface area contributed by atoms with Crippen molar-refractivity contribution in [1.29, 1.82) is 0 Å². The minimum Gasteiger partial charge on any atom is -0.354 e. The number of nitrogens with zero attached hydrogens (tertiary/aromatic N) is 2. The van der Waals surface area contributed by atoms with Crippen molar-refractivity contribution in [3.63, 3.8) is 0 Å². The quantitative estimate of drug-likeness (QED) is 0.887. The van der Waals surface area contributed by atoms with E-state index in [9.17, 15) is 4.79 Å². The van der Waals surface area contributed by atoms with Gasteiger partial charge >= 0.3 is 0 Å². The van der Waals surface area contributed by atoms with Crippen LogP contribution in [-0.4, -0.2) is 61.0 Å². The summed E-state index contributed by atoms with van der Waals surface area (Å²) in [7, 11) is 2.16. The molecule has 1 aliphatic carbocycles. The molecule has 2 aliphatic rings. The molecule has 2 atom stereocenters. The second-order valence-corrected chi connectivity index (χ2v) is 8.26. The highest BCUT2D eigenvalue weighted by molar-refractivity contribution is 6.30. The molecule has 1 aromatic rings. The lowest BCUT2D eigenvalue weighted by molar-refractivity contribution is -0.123. The minimum absolute atomic E-state index is 0.00262. The molecule has 1 saturated carbocycles. The average Bonchev–Trinajstić information content (AvgIpc) is 3.34. The minimum atomic E-state index is -0.00262. The van der Waals surface area contributed by atoms with Gasteiger partial charge in [-0.25, -0.2) is 0 Å². The fraction of sp³-hybridized carbons (Fsp3) is 0.632. The van der Waals surface area contributed by atoms with Crippen molar-refractivity contribution < 1.29 is 4.79 Å². The van der Waals surface area contributed by atoms with E-state index in [0.29, 0.717) is 12.5 Å². The summed E-state index contributed by atoms with van der Waals surface area (Å²) in [4.78, 5) is 17.3. The molecule has 1 N–H and O–H groups in total. The number of hydrogen-bond acceptors (Lipinski definition) is 3. The van der Waals surface area contributed by atoms with E-state index in [2.05, 4.69) is 42.1 Å². The van der Waals surface area contributed by atoms with Gasteiger partial charge in [0.25, 0.3) is 0 Å². The Morgan fingerprint density at radius 2 is 2.00 bits per heavy atom. The van der Waals surface area contributed by atoms with Crippen LogP contribution in [0.5, 0.6) is 0 Å². The van der Waals surface area contributed by atoms with Gasteiger partial charge in [-0.1, -0.05) is 23.7 Å². The molecule has 0 radical (unpaired) electrons. The maximum Gasteiger partial charge on any atom is 0.223 e. The molecule has 0 spiro atoms. The molecule has 1 aliphatic heterocycles. The summed E-state index contributed by atoms with van der Waals surface area (Å²) < 4.78 is 0. The predicted octanol–water partition coefficient (Wildman–Crippen LogP) is 2.59. The third-order valence-corrected chi connectivity index (χ3v) is 5.69. The topological polar surface area (TPSA) is 35.6 Å². The van der Waals surface area contributed by atoms with Crippen molar-refractivity contribution in [3.8, 4) is 0 Å². The molecule has 5 heteroatoms. The number of likely N-dealkylation sites (N-methyl/N-ethyl adjacent to an activating group) is 1. The molecule has 0 unspecified atom stereocenters. The fourth-order valence-corrected chi connectivity index (χ4v) is 3.75. The van der Waals surface area contributed by atoms with Crippen LogP contribution >= 0.6 is 11.6 Å². The third kappa shape index (κ3) is 4.11. The van der Waals surface area contributed by atoms with Gasteiger partial charge in [0.05, 0.1) is 0 Å². The summed E-state index contributed by atoms with van der Waals surface area (Å²) in [6.07, 6.45) is 0.932. The first-order chi connectivity index (χ1) is 11.4. The van der Waals surface area contributed by atoms with Crippen LogP contribution in [0.1, 0.15) is 31.7 Å². The van der Waals surface area contributed by atoms with E-state index in [1.54, 1.807) is 0 Å². The normalized spacial score (nSPS) is 25.5. The molecule has 4 nitrogen and oxygen atoms in total. The van der Waals surface area contributed by atoms with Gasteiger partial charge in [-0.2, -0.15) is 0 Å². The van der Waals surface area contributed by atoms with E-state index in [1.165, 1.54) is 5.56 Å². The zero-order valence-electron chi connectivity index (χ0n) is 14.9. The maximum atomic E-state index is 12.5. The molecule has 1 aromatic carbocycles. The predicted molar refractivity (Wildman–Crippen MR) is 98.5 cm³/mol. The van der Waals surface area contributed by atoms with E-state index in [-0.39, 0.29) is 17.4 Å². The lowest BCUT2D eigenvalue weighted by Gasteiger charge is -2.43. The van der Waals surface area contributed by atoms with Gasteiger partial charge in [0, 0.05) is 49.2 Å². The Morgan fingerprint density at radius 3 is 2.67 bits per heavy atom. The number of piperazine rings is 1. The smallest absolute Gasteiger partial charge is 0.223 e. The SMILES string of the molecule is CN1CCN(C(C)(C)CNC(=O)[C@H]2C[C@@H]2c2cccc(Cl)c2)CC1. The molecule has 24 heavy (non-hydrogen) atoms. The molecule has 0 aromatic heterocycles. The molecule has 2 fully saturated rings. The number of amides is 1. The Morgan fingerprint density at radius 1 is 1.29 bits per heavy atom. The van der Waals surface area contributed by atoms with Crippen molar-refractivity contribution in [2.75, 3.05) is 39.8 Å². The number of hydrogen-bond donors (Lipinski definition) is 1. The standard InChI is InChI=1S/C19H28ClN3O/c1-19(2,23-9-7-22(3)8-10-23)13-21-18(24)17-12-16(17)14-5-4-6-15(20)11-14/h4-6,11,16-17H,7-10,12-13H2,1-3H3,(H,21,24)/t16-,17+/m1/s1. The molecular formula is C19H28ClN3O. The lowest BCUT2D eigenvalue weighted by atomic mass is 10.0. The highest BCUT2D eigenvalue weighted by atomic mass is 35.5. The monoisotopic (exact) mass is 349 g/mol. The molecule has 132 valence electrons. The summed E-state index contributed by atoms with van der Waals surface area (Å²) in [5, 5.41) is 3.93. The van der Waals surface area contributed by atoms with Crippen LogP contribution in [-0.2, 0) is 4.79 Å². The Kier molecular flexibility index (Phi) is 5.19. The highest BCUT2D eigenvalue weighted by Crippen LogP contribution is 2.47. The van der Waals surface area contributed by atoms with Crippen molar-refractivity contribution in [1.82, 2.24) is 15.1 Å². The molecule has 3 rings (SSSR count). The number of carbonyl (C=O) groups is 1. The highest BCUT2D eigenvalue weighted by Gasteiger charge is 2.44. The molecule has 1 heterocycles. The van der Waals surface area contributed by atoms with Crippen LogP contribution in [0.3, 0.4) is 0 Å². The van der Waals surface area contributed by atoms with Crippen LogP contribution in [0.2, 0.25) is 5.02 Å². The van der Waals surface area contributed by atoms with Crippen LogP contribution < -0.4 is 5.32 Å². The van der Waals surface area contributed by atoms with Crippen molar-refractivity contribution in [2.24, 2.45) is 5.92 Å². The fourth-order valence-electron chi connectivity index (χ4n) is 3.55. The summed E-state index contributed by atoms with van der Waals surface area (Å²) in [5.74, 6) is 0.615. The van der Waals surface area contributed by atoms with E-state index in [1.807, 2.05) is 18.2 Å². The van der Waals surface area contributed by atoms with Crippen molar-refractivity contribution in [2.45, 2.75) is 31.7 Å². The van der Waals surface area contributed by atoms with Crippen LogP contribution in [0, 0.1) is 5.92 Å². The molecule has 1 saturated heterocycles. The number of nitrogens with one attached hydrogen (secondary N) is 1. The number of rotatable bonds is 5. The molecule has 1 amide bonds. The van der Waals surface area contributed by atoms with E-state index in [4.69, 9.17) is 11.6 Å². The largest absolute Gasteiger partial charge is 0.354 e. The number of carbonyl (C=O) groups excluding carboxylic acids is 1. The van der Waals surface area contributed by atoms with Crippen LogP contribution in [0.4, 0.5) is 0 Å². The first kappa shape index (κ1) is 17.7.